The second-order valence-electron chi connectivity index (χ2n) is 8.64. The van der Waals surface area contributed by atoms with Gasteiger partial charge in [0.1, 0.15) is 6.04 Å². The Labute approximate surface area is 190 Å². The molecule has 12 heteroatoms. The van der Waals surface area contributed by atoms with Crippen LogP contribution in [0.1, 0.15) is 34.5 Å². The van der Waals surface area contributed by atoms with Gasteiger partial charge >= 0.3 is 0 Å². The molecule has 0 bridgehead atoms. The largest absolute Gasteiger partial charge is 0.322 e. The lowest BCUT2D eigenvalue weighted by Crippen LogP contribution is -2.52. The number of fused-ring (bicyclic) bond motifs is 1. The molecule has 33 heavy (non-hydrogen) atoms. The number of hydrogen-bond acceptors (Lipinski definition) is 8. The molecule has 2 fully saturated rings. The Balaban J connectivity index is 1.25. The summed E-state index contributed by atoms with van der Waals surface area (Å²) in [6.07, 6.45) is 3.04. The van der Waals surface area contributed by atoms with Crippen molar-refractivity contribution in [3.63, 3.8) is 0 Å². The third-order valence-electron chi connectivity index (χ3n) is 6.43. The smallest absolute Gasteiger partial charge is 0.255 e. The number of benzene rings is 1. The molecule has 0 saturated carbocycles. The minimum atomic E-state index is -2.89. The van der Waals surface area contributed by atoms with E-state index in [0.29, 0.717) is 44.6 Å². The van der Waals surface area contributed by atoms with Crippen LogP contribution < -0.4 is 5.32 Å². The van der Waals surface area contributed by atoms with E-state index in [9.17, 15) is 22.8 Å². The Morgan fingerprint density at radius 2 is 1.91 bits per heavy atom. The lowest BCUT2D eigenvalue weighted by atomic mass is 10.0. The van der Waals surface area contributed by atoms with Crippen molar-refractivity contribution in [2.45, 2.75) is 31.8 Å². The Morgan fingerprint density at radius 3 is 2.67 bits per heavy atom. The normalized spacial score (nSPS) is 23.0. The summed E-state index contributed by atoms with van der Waals surface area (Å²) in [6, 6.07) is 4.74. The van der Waals surface area contributed by atoms with E-state index in [-0.39, 0.29) is 29.7 Å². The van der Waals surface area contributed by atoms with E-state index in [2.05, 4.69) is 20.5 Å². The number of piperidine rings is 1. The van der Waals surface area contributed by atoms with Crippen molar-refractivity contribution in [3.8, 4) is 5.69 Å². The molecule has 3 aliphatic rings. The molecule has 1 aromatic carbocycles. The molecule has 3 aliphatic heterocycles. The molecule has 0 aliphatic carbocycles. The molecule has 3 amide bonds. The maximum absolute atomic E-state index is 12.8. The monoisotopic (exact) mass is 472 g/mol. The van der Waals surface area contributed by atoms with E-state index in [1.54, 1.807) is 16.8 Å². The number of carbonyl (C=O) groups excluding carboxylic acids is 3. The molecule has 4 heterocycles. The molecule has 5 rings (SSSR count). The molecule has 1 N–H and O–H groups in total. The molecule has 2 aromatic rings. The van der Waals surface area contributed by atoms with Crippen LogP contribution in [0, 0.1) is 0 Å². The van der Waals surface area contributed by atoms with Crippen molar-refractivity contribution in [2.24, 2.45) is 0 Å². The van der Waals surface area contributed by atoms with Crippen molar-refractivity contribution in [1.82, 2.24) is 30.1 Å². The standard InChI is InChI=1S/C21H24N6O5S/c28-19-4-3-18(20(29)22-19)26-12-14-11-16(1-2-17(14)21(26)30)27-13-15(23-24-27)5-6-25-7-9-33(31,32)10-8-25/h1-2,11,13,18H,3-10,12H2,(H,22,28,29). The summed E-state index contributed by atoms with van der Waals surface area (Å²) in [5.74, 6) is -0.559. The van der Waals surface area contributed by atoms with Crippen molar-refractivity contribution >= 4 is 27.6 Å². The van der Waals surface area contributed by atoms with Crippen molar-refractivity contribution in [2.75, 3.05) is 31.1 Å². The van der Waals surface area contributed by atoms with Gasteiger partial charge in [0, 0.05) is 44.6 Å². The molecule has 0 radical (unpaired) electrons. The molecule has 1 aromatic heterocycles. The molecule has 2 saturated heterocycles. The summed E-state index contributed by atoms with van der Waals surface area (Å²) < 4.78 is 24.8. The van der Waals surface area contributed by atoms with E-state index in [1.165, 1.54) is 4.90 Å². The summed E-state index contributed by atoms with van der Waals surface area (Å²) >= 11 is 0. The number of nitrogens with zero attached hydrogens (tertiary/aromatic N) is 5. The maximum atomic E-state index is 12.8. The fraction of sp³-hybridized carbons (Fsp3) is 0.476. The highest BCUT2D eigenvalue weighted by molar-refractivity contribution is 7.91. The number of amides is 3. The van der Waals surface area contributed by atoms with Crippen LogP contribution >= 0.6 is 0 Å². The number of aromatic nitrogens is 3. The average molecular weight is 473 g/mol. The van der Waals surface area contributed by atoms with Gasteiger partial charge < -0.3 is 9.80 Å². The first-order valence-corrected chi connectivity index (χ1v) is 12.7. The van der Waals surface area contributed by atoms with Gasteiger partial charge in [-0.25, -0.2) is 13.1 Å². The summed E-state index contributed by atoms with van der Waals surface area (Å²) in [6.45, 7) is 2.10. The van der Waals surface area contributed by atoms with Crippen LogP contribution in [-0.2, 0) is 32.4 Å². The highest BCUT2D eigenvalue weighted by Gasteiger charge is 2.39. The van der Waals surface area contributed by atoms with Gasteiger partial charge in [-0.1, -0.05) is 5.21 Å². The number of imide groups is 1. The third kappa shape index (κ3) is 4.40. The Kier molecular flexibility index (Phi) is 5.49. The van der Waals surface area contributed by atoms with Crippen LogP contribution in [-0.4, -0.2) is 88.1 Å². The Bertz CT molecular complexity index is 1230. The van der Waals surface area contributed by atoms with Crippen LogP contribution in [0.2, 0.25) is 0 Å². The predicted molar refractivity (Wildman–Crippen MR) is 116 cm³/mol. The summed E-state index contributed by atoms with van der Waals surface area (Å²) in [7, 11) is -2.89. The molecular weight excluding hydrogens is 448 g/mol. The van der Waals surface area contributed by atoms with Crippen molar-refractivity contribution in [1.29, 1.82) is 0 Å². The van der Waals surface area contributed by atoms with Gasteiger partial charge in [0.25, 0.3) is 5.91 Å². The molecule has 11 nitrogen and oxygen atoms in total. The van der Waals surface area contributed by atoms with E-state index >= 15 is 0 Å². The zero-order valence-electron chi connectivity index (χ0n) is 17.9. The van der Waals surface area contributed by atoms with Crippen LogP contribution in [0.5, 0.6) is 0 Å². The zero-order chi connectivity index (χ0) is 23.2. The van der Waals surface area contributed by atoms with Gasteiger partial charge in [-0.05, 0) is 30.2 Å². The van der Waals surface area contributed by atoms with Gasteiger partial charge in [-0.3, -0.25) is 19.7 Å². The maximum Gasteiger partial charge on any atom is 0.255 e. The van der Waals surface area contributed by atoms with Gasteiger partial charge in [0.05, 0.1) is 29.1 Å². The van der Waals surface area contributed by atoms with Gasteiger partial charge in [0.15, 0.2) is 9.84 Å². The fourth-order valence-corrected chi connectivity index (χ4v) is 5.77. The van der Waals surface area contributed by atoms with E-state index in [0.717, 1.165) is 16.9 Å². The second-order valence-corrected chi connectivity index (χ2v) is 10.9. The van der Waals surface area contributed by atoms with E-state index < -0.39 is 21.8 Å². The van der Waals surface area contributed by atoms with Gasteiger partial charge in [0.2, 0.25) is 11.8 Å². The lowest BCUT2D eigenvalue weighted by molar-refractivity contribution is -0.136. The van der Waals surface area contributed by atoms with Gasteiger partial charge in [-0.15, -0.1) is 5.10 Å². The first-order valence-electron chi connectivity index (χ1n) is 10.9. The second kappa shape index (κ2) is 8.34. The van der Waals surface area contributed by atoms with Crippen LogP contribution in [0.25, 0.3) is 5.69 Å². The van der Waals surface area contributed by atoms with Crippen LogP contribution in [0.3, 0.4) is 0 Å². The molecular formula is C21H24N6O5S. The quantitative estimate of drug-likeness (QED) is 0.565. The molecule has 1 unspecified atom stereocenters. The first kappa shape index (κ1) is 21.7. The lowest BCUT2D eigenvalue weighted by Gasteiger charge is -2.29. The first-order chi connectivity index (χ1) is 15.8. The SMILES string of the molecule is O=C1CCC(N2Cc3cc(-n4cc(CCN5CCS(=O)(=O)CC5)nn4)ccc3C2=O)C(=O)N1. The number of nitrogens with one attached hydrogen (secondary N) is 1. The average Bonchev–Trinajstić information content (AvgIpc) is 3.38. The molecule has 1 atom stereocenters. The summed E-state index contributed by atoms with van der Waals surface area (Å²) in [5, 5.41) is 10.7. The predicted octanol–water partition coefficient (Wildman–Crippen LogP) is -0.699. The van der Waals surface area contributed by atoms with Crippen molar-refractivity contribution < 1.29 is 22.8 Å². The molecule has 0 spiro atoms. The molecule has 174 valence electrons. The van der Waals surface area contributed by atoms with Crippen molar-refractivity contribution in [3.05, 3.63) is 41.2 Å². The number of hydrogen-bond donors (Lipinski definition) is 1. The highest BCUT2D eigenvalue weighted by Crippen LogP contribution is 2.29. The topological polar surface area (TPSA) is 135 Å². The van der Waals surface area contributed by atoms with Crippen LogP contribution in [0.15, 0.2) is 24.4 Å². The number of carbonyl (C=O) groups is 3. The third-order valence-corrected chi connectivity index (χ3v) is 8.04. The number of rotatable bonds is 5. The summed E-state index contributed by atoms with van der Waals surface area (Å²) in [4.78, 5) is 40.1. The van der Waals surface area contributed by atoms with E-state index in [1.807, 2.05) is 12.3 Å². The van der Waals surface area contributed by atoms with Gasteiger partial charge in [-0.2, -0.15) is 0 Å². The highest BCUT2D eigenvalue weighted by atomic mass is 32.2. The minimum absolute atomic E-state index is 0.198. The zero-order valence-corrected chi connectivity index (χ0v) is 18.8. The van der Waals surface area contributed by atoms with E-state index in [4.69, 9.17) is 0 Å². The Hall–Kier alpha value is -3.12. The number of sulfone groups is 1. The van der Waals surface area contributed by atoms with Crippen LogP contribution in [0.4, 0.5) is 0 Å². The Morgan fingerprint density at radius 1 is 1.12 bits per heavy atom. The minimum Gasteiger partial charge on any atom is -0.322 e. The fourth-order valence-electron chi connectivity index (χ4n) is 4.49. The summed E-state index contributed by atoms with van der Waals surface area (Å²) in [5.41, 5.74) is 2.90.